The van der Waals surface area contributed by atoms with Crippen LogP contribution in [-0.2, 0) is 11.3 Å². The second-order valence-corrected chi connectivity index (χ2v) is 7.96. The molecular weight excluding hydrogens is 420 g/mol. The highest BCUT2D eigenvalue weighted by Gasteiger charge is 2.24. The molecule has 2 heterocycles. The number of halogens is 1. The van der Waals surface area contributed by atoms with Gasteiger partial charge in [-0.05, 0) is 36.6 Å². The van der Waals surface area contributed by atoms with Crippen LogP contribution in [0.3, 0.4) is 0 Å². The largest absolute Gasteiger partial charge is 0.376 e. The van der Waals surface area contributed by atoms with E-state index in [2.05, 4.69) is 20.9 Å². The number of pyridine rings is 1. The molecule has 1 amide bonds. The second-order valence-electron chi connectivity index (χ2n) is 7.04. The zero-order valence-corrected chi connectivity index (χ0v) is 16.9. The Bertz CT molecular complexity index is 1040. The number of amides is 1. The molecule has 1 N–H and O–H groups in total. The lowest BCUT2D eigenvalue weighted by Crippen LogP contribution is -2.37. The number of hydrogen-bond acceptors (Lipinski definition) is 3. The van der Waals surface area contributed by atoms with Gasteiger partial charge in [0.2, 0.25) is 0 Å². The SMILES string of the molecule is O=C(c1cc(=O)c2cc(Br)ccc2[nH]1)N(Cc1ccccc1)CC1CCCO1. The van der Waals surface area contributed by atoms with E-state index in [1.807, 2.05) is 36.4 Å². The molecule has 6 heteroatoms. The van der Waals surface area contributed by atoms with Gasteiger partial charge in [-0.1, -0.05) is 46.3 Å². The summed E-state index contributed by atoms with van der Waals surface area (Å²) in [5.74, 6) is -0.193. The molecule has 0 spiro atoms. The molecule has 5 nitrogen and oxygen atoms in total. The Kier molecular flexibility index (Phi) is 5.59. The molecule has 0 aliphatic carbocycles. The van der Waals surface area contributed by atoms with Crippen molar-refractivity contribution in [2.75, 3.05) is 13.2 Å². The number of nitrogens with one attached hydrogen (secondary N) is 1. The van der Waals surface area contributed by atoms with E-state index in [1.54, 1.807) is 17.0 Å². The Morgan fingerprint density at radius 1 is 1.18 bits per heavy atom. The molecule has 3 aromatic rings. The van der Waals surface area contributed by atoms with Crippen LogP contribution < -0.4 is 5.43 Å². The number of carbonyl (C=O) groups excluding carboxylic acids is 1. The normalized spacial score (nSPS) is 16.4. The molecule has 1 aliphatic heterocycles. The number of nitrogens with zero attached hydrogens (tertiary/aromatic N) is 1. The number of hydrogen-bond donors (Lipinski definition) is 1. The minimum absolute atomic E-state index is 0.0378. The van der Waals surface area contributed by atoms with E-state index in [4.69, 9.17) is 4.74 Å². The molecule has 0 bridgehead atoms. The summed E-state index contributed by atoms with van der Waals surface area (Å²) in [6, 6.07) is 16.7. The molecule has 0 saturated carbocycles. The van der Waals surface area contributed by atoms with Crippen molar-refractivity contribution >= 4 is 32.7 Å². The fourth-order valence-electron chi connectivity index (χ4n) is 3.56. The van der Waals surface area contributed by atoms with Gasteiger partial charge in [0.1, 0.15) is 5.69 Å². The molecule has 28 heavy (non-hydrogen) atoms. The summed E-state index contributed by atoms with van der Waals surface area (Å²) in [5, 5.41) is 0.555. The van der Waals surface area contributed by atoms with Crippen LogP contribution in [0.15, 0.2) is 63.9 Å². The van der Waals surface area contributed by atoms with Crippen molar-refractivity contribution in [1.29, 1.82) is 0 Å². The Morgan fingerprint density at radius 2 is 2.00 bits per heavy atom. The summed E-state index contributed by atoms with van der Waals surface area (Å²) >= 11 is 3.38. The first-order chi connectivity index (χ1) is 13.6. The summed E-state index contributed by atoms with van der Waals surface area (Å²) < 4.78 is 6.57. The van der Waals surface area contributed by atoms with Crippen molar-refractivity contribution < 1.29 is 9.53 Å². The van der Waals surface area contributed by atoms with E-state index in [0.29, 0.717) is 29.7 Å². The Labute approximate surface area is 171 Å². The van der Waals surface area contributed by atoms with Crippen molar-refractivity contribution in [1.82, 2.24) is 9.88 Å². The molecule has 1 unspecified atom stereocenters. The van der Waals surface area contributed by atoms with Gasteiger partial charge in [0.05, 0.1) is 6.10 Å². The van der Waals surface area contributed by atoms with Gasteiger partial charge in [-0.3, -0.25) is 9.59 Å². The maximum atomic E-state index is 13.3. The zero-order chi connectivity index (χ0) is 19.5. The van der Waals surface area contributed by atoms with Gasteiger partial charge in [0.15, 0.2) is 5.43 Å². The maximum absolute atomic E-state index is 13.3. The van der Waals surface area contributed by atoms with Gasteiger partial charge in [-0.25, -0.2) is 0 Å². The lowest BCUT2D eigenvalue weighted by Gasteiger charge is -2.25. The van der Waals surface area contributed by atoms with Crippen LogP contribution in [0.5, 0.6) is 0 Å². The number of fused-ring (bicyclic) bond motifs is 1. The summed E-state index contributed by atoms with van der Waals surface area (Å²) in [7, 11) is 0. The zero-order valence-electron chi connectivity index (χ0n) is 15.4. The van der Waals surface area contributed by atoms with Crippen LogP contribution in [0.2, 0.25) is 0 Å². The smallest absolute Gasteiger partial charge is 0.270 e. The molecule has 1 saturated heterocycles. The van der Waals surface area contributed by atoms with E-state index in [1.165, 1.54) is 6.07 Å². The number of aromatic nitrogens is 1. The monoisotopic (exact) mass is 440 g/mol. The van der Waals surface area contributed by atoms with E-state index in [0.717, 1.165) is 29.5 Å². The quantitative estimate of drug-likeness (QED) is 0.648. The third-order valence-electron chi connectivity index (χ3n) is 4.97. The van der Waals surface area contributed by atoms with E-state index < -0.39 is 0 Å². The van der Waals surface area contributed by atoms with Crippen LogP contribution >= 0.6 is 15.9 Å². The Balaban J connectivity index is 1.66. The van der Waals surface area contributed by atoms with Crippen LogP contribution in [-0.4, -0.2) is 35.0 Å². The van der Waals surface area contributed by atoms with Gasteiger partial charge in [0.25, 0.3) is 5.91 Å². The summed E-state index contributed by atoms with van der Waals surface area (Å²) in [4.78, 5) is 30.7. The van der Waals surface area contributed by atoms with E-state index in [9.17, 15) is 9.59 Å². The third kappa shape index (κ3) is 4.18. The number of ether oxygens (including phenoxy) is 1. The molecule has 1 aromatic heterocycles. The van der Waals surface area contributed by atoms with Gasteiger partial charge in [-0.15, -0.1) is 0 Å². The van der Waals surface area contributed by atoms with Gasteiger partial charge in [0, 0.05) is 41.1 Å². The lowest BCUT2D eigenvalue weighted by molar-refractivity contribution is 0.0503. The molecule has 1 aliphatic rings. The van der Waals surface area contributed by atoms with E-state index >= 15 is 0 Å². The molecular formula is C22H21BrN2O3. The third-order valence-corrected chi connectivity index (χ3v) is 5.47. The first kappa shape index (κ1) is 18.9. The Morgan fingerprint density at radius 3 is 2.75 bits per heavy atom. The topological polar surface area (TPSA) is 62.4 Å². The summed E-state index contributed by atoms with van der Waals surface area (Å²) in [5.41, 5.74) is 1.82. The molecule has 2 aromatic carbocycles. The fourth-order valence-corrected chi connectivity index (χ4v) is 3.92. The van der Waals surface area contributed by atoms with Crippen LogP contribution in [0, 0.1) is 0 Å². The minimum Gasteiger partial charge on any atom is -0.376 e. The first-order valence-corrected chi connectivity index (χ1v) is 10.2. The van der Waals surface area contributed by atoms with Crippen molar-refractivity contribution in [2.45, 2.75) is 25.5 Å². The second kappa shape index (κ2) is 8.29. The number of aromatic amines is 1. The van der Waals surface area contributed by atoms with Crippen molar-refractivity contribution in [3.05, 3.63) is 80.6 Å². The average molecular weight is 441 g/mol. The summed E-state index contributed by atoms with van der Waals surface area (Å²) in [6.07, 6.45) is 2.00. The van der Waals surface area contributed by atoms with Gasteiger partial charge in [-0.2, -0.15) is 0 Å². The van der Waals surface area contributed by atoms with Crippen LogP contribution in [0.1, 0.15) is 28.9 Å². The minimum atomic E-state index is -0.193. The highest BCUT2D eigenvalue weighted by Crippen LogP contribution is 2.19. The molecule has 1 fully saturated rings. The molecule has 0 radical (unpaired) electrons. The standard InChI is InChI=1S/C22H21BrN2O3/c23-16-8-9-19-18(11-16)21(26)12-20(24-19)22(27)25(14-17-7-4-10-28-17)13-15-5-2-1-3-6-15/h1-3,5-6,8-9,11-12,17H,4,7,10,13-14H2,(H,24,26). The molecule has 1 atom stereocenters. The number of rotatable bonds is 5. The van der Waals surface area contributed by atoms with Crippen molar-refractivity contribution in [3.8, 4) is 0 Å². The van der Waals surface area contributed by atoms with Crippen LogP contribution in [0.25, 0.3) is 10.9 Å². The molecule has 144 valence electrons. The summed E-state index contributed by atoms with van der Waals surface area (Å²) in [6.45, 7) is 1.72. The fraction of sp³-hybridized carbons (Fsp3) is 0.273. The predicted octanol–water partition coefficient (Wildman–Crippen LogP) is 4.11. The van der Waals surface area contributed by atoms with Crippen LogP contribution in [0.4, 0.5) is 0 Å². The van der Waals surface area contributed by atoms with Crippen molar-refractivity contribution in [3.63, 3.8) is 0 Å². The number of benzene rings is 2. The molecule has 4 rings (SSSR count). The maximum Gasteiger partial charge on any atom is 0.270 e. The lowest BCUT2D eigenvalue weighted by atomic mass is 10.1. The number of H-pyrrole nitrogens is 1. The van der Waals surface area contributed by atoms with E-state index in [-0.39, 0.29) is 17.4 Å². The number of carbonyl (C=O) groups is 1. The highest BCUT2D eigenvalue weighted by atomic mass is 79.9. The average Bonchev–Trinajstić information content (AvgIpc) is 3.21. The predicted molar refractivity (Wildman–Crippen MR) is 112 cm³/mol. The Hall–Kier alpha value is -2.44. The van der Waals surface area contributed by atoms with Gasteiger partial charge < -0.3 is 14.6 Å². The highest BCUT2D eigenvalue weighted by molar-refractivity contribution is 9.10. The van der Waals surface area contributed by atoms with Crippen molar-refractivity contribution in [2.24, 2.45) is 0 Å². The van der Waals surface area contributed by atoms with Gasteiger partial charge >= 0.3 is 0 Å². The first-order valence-electron chi connectivity index (χ1n) is 9.37.